The van der Waals surface area contributed by atoms with Gasteiger partial charge in [0, 0.05) is 17.2 Å². The van der Waals surface area contributed by atoms with Crippen LogP contribution in [0.25, 0.3) is 22.4 Å². The van der Waals surface area contributed by atoms with Crippen LogP contribution in [0.5, 0.6) is 23.1 Å². The van der Waals surface area contributed by atoms with Gasteiger partial charge in [0.05, 0.1) is 18.9 Å². The first-order valence-corrected chi connectivity index (χ1v) is 15.6. The van der Waals surface area contributed by atoms with Crippen LogP contribution in [-0.4, -0.2) is 47.8 Å². The van der Waals surface area contributed by atoms with Crippen molar-refractivity contribution in [3.05, 3.63) is 90.5 Å². The number of unbranched alkanes of at least 4 members (excludes halogenated alkanes) is 2. The molecular formula is C37H40N2O8. The molecule has 0 spiro atoms. The predicted molar refractivity (Wildman–Crippen MR) is 177 cm³/mol. The van der Waals surface area contributed by atoms with Crippen molar-refractivity contribution in [1.82, 2.24) is 10.3 Å². The van der Waals surface area contributed by atoms with Gasteiger partial charge in [-0.15, -0.1) is 0 Å². The zero-order valence-electron chi connectivity index (χ0n) is 27.1. The number of aliphatic carboxylic acids is 1. The number of pyridine rings is 1. The zero-order chi connectivity index (χ0) is 33.4. The summed E-state index contributed by atoms with van der Waals surface area (Å²) < 4.78 is 28.1. The standard InChI is InChI=1S/C37H40N2O8/c1-36(2,3)47-35(42)39-37(4,34(40)41)28-11-6-7-13-30(28)43-21-8-5-9-22-44-33-14-10-12-29(38-33)26-17-15-25(16-18-26)27-19-20-31-32(23-27)46-24-45-31/h6-7,10-20,23H,5,8-9,21-22,24H2,1-4H3,(H,39,42)(H,40,41). The van der Waals surface area contributed by atoms with Gasteiger partial charge in [-0.1, -0.05) is 54.6 Å². The molecule has 4 aromatic rings. The van der Waals surface area contributed by atoms with E-state index in [0.29, 0.717) is 30.4 Å². The van der Waals surface area contributed by atoms with Crippen molar-refractivity contribution < 1.29 is 38.4 Å². The summed E-state index contributed by atoms with van der Waals surface area (Å²) in [7, 11) is 0. The van der Waals surface area contributed by atoms with Gasteiger partial charge in [0.15, 0.2) is 17.0 Å². The molecule has 0 saturated heterocycles. The third kappa shape index (κ3) is 8.52. The maximum atomic E-state index is 12.4. The van der Waals surface area contributed by atoms with Gasteiger partial charge in [0.1, 0.15) is 11.4 Å². The molecule has 1 aliphatic heterocycles. The highest BCUT2D eigenvalue weighted by molar-refractivity contribution is 5.86. The highest BCUT2D eigenvalue weighted by Crippen LogP contribution is 2.36. The summed E-state index contributed by atoms with van der Waals surface area (Å²) in [5.41, 5.74) is 1.73. The van der Waals surface area contributed by atoms with E-state index in [1.54, 1.807) is 45.0 Å². The lowest BCUT2D eigenvalue weighted by molar-refractivity contribution is -0.144. The summed E-state index contributed by atoms with van der Waals surface area (Å²) in [5, 5.41) is 12.5. The summed E-state index contributed by atoms with van der Waals surface area (Å²) in [5.74, 6) is 1.22. The quantitative estimate of drug-likeness (QED) is 0.142. The molecule has 0 radical (unpaired) electrons. The Kier molecular flexibility index (Phi) is 10.2. The SMILES string of the molecule is CC(C)(C)OC(=O)NC(C)(C(=O)O)c1ccccc1OCCCCCOc1cccc(-c2ccc(-c3ccc4c(c3)OCO4)cc2)n1. The van der Waals surface area contributed by atoms with Gasteiger partial charge < -0.3 is 34.1 Å². The number of carbonyl (C=O) groups is 2. The van der Waals surface area contributed by atoms with Gasteiger partial charge in [-0.3, -0.25) is 0 Å². The lowest BCUT2D eigenvalue weighted by Crippen LogP contribution is -2.51. The number of ether oxygens (including phenoxy) is 5. The van der Waals surface area contributed by atoms with Crippen LogP contribution >= 0.6 is 0 Å². The smallest absolute Gasteiger partial charge is 0.408 e. The number of carboxylic acid groups (broad SMARTS) is 1. The average molecular weight is 641 g/mol. The van der Waals surface area contributed by atoms with Crippen LogP contribution in [0.4, 0.5) is 4.79 Å². The number of nitrogens with one attached hydrogen (secondary N) is 1. The molecule has 2 N–H and O–H groups in total. The monoisotopic (exact) mass is 640 g/mol. The minimum atomic E-state index is -1.75. The highest BCUT2D eigenvalue weighted by atomic mass is 16.7. The number of carboxylic acids is 1. The average Bonchev–Trinajstić information content (AvgIpc) is 3.52. The Bertz CT molecular complexity index is 1700. The van der Waals surface area contributed by atoms with E-state index in [0.717, 1.165) is 53.1 Å². The van der Waals surface area contributed by atoms with E-state index in [-0.39, 0.29) is 6.79 Å². The number of nitrogens with zero attached hydrogens (tertiary/aromatic N) is 1. The predicted octanol–water partition coefficient (Wildman–Crippen LogP) is 7.60. The van der Waals surface area contributed by atoms with Crippen molar-refractivity contribution in [3.8, 4) is 45.5 Å². The molecule has 2 heterocycles. The van der Waals surface area contributed by atoms with Crippen LogP contribution in [0.15, 0.2) is 84.9 Å². The van der Waals surface area contributed by atoms with Crippen LogP contribution in [-0.2, 0) is 15.1 Å². The molecule has 0 fully saturated rings. The first kappa shape index (κ1) is 33.1. The van der Waals surface area contributed by atoms with E-state index in [1.165, 1.54) is 6.92 Å². The Hall–Kier alpha value is -5.25. The number of rotatable bonds is 13. The Morgan fingerprint density at radius 1 is 0.787 bits per heavy atom. The van der Waals surface area contributed by atoms with E-state index in [1.807, 2.05) is 48.5 Å². The fraction of sp³-hybridized carbons (Fsp3) is 0.324. The summed E-state index contributed by atoms with van der Waals surface area (Å²) in [6.07, 6.45) is 1.51. The second-order valence-electron chi connectivity index (χ2n) is 12.3. The number of hydrogen-bond acceptors (Lipinski definition) is 8. The number of hydrogen-bond donors (Lipinski definition) is 2. The molecule has 1 amide bonds. The lowest BCUT2D eigenvalue weighted by atomic mass is 9.91. The van der Waals surface area contributed by atoms with Gasteiger partial charge in [-0.05, 0) is 82.3 Å². The first-order valence-electron chi connectivity index (χ1n) is 15.6. The summed E-state index contributed by atoms with van der Waals surface area (Å²) in [6, 6.07) is 26.6. The van der Waals surface area contributed by atoms with Crippen molar-refractivity contribution in [1.29, 1.82) is 0 Å². The Morgan fingerprint density at radius 2 is 1.47 bits per heavy atom. The molecule has 10 heteroatoms. The number of amides is 1. The molecule has 10 nitrogen and oxygen atoms in total. The van der Waals surface area contributed by atoms with Gasteiger partial charge in [0.25, 0.3) is 0 Å². The molecule has 0 bridgehead atoms. The summed E-state index contributed by atoms with van der Waals surface area (Å²) >= 11 is 0. The van der Waals surface area contributed by atoms with Gasteiger partial charge >= 0.3 is 12.1 Å². The highest BCUT2D eigenvalue weighted by Gasteiger charge is 2.40. The third-order valence-electron chi connectivity index (χ3n) is 7.51. The molecule has 246 valence electrons. The topological polar surface area (TPSA) is 125 Å². The number of para-hydroxylation sites is 1. The largest absolute Gasteiger partial charge is 0.493 e. The minimum absolute atomic E-state index is 0.249. The molecule has 1 aliphatic rings. The van der Waals surface area contributed by atoms with Crippen LogP contribution in [0.3, 0.4) is 0 Å². The summed E-state index contributed by atoms with van der Waals surface area (Å²) in [4.78, 5) is 29.4. The normalized spacial score (nSPS) is 13.4. The molecular weight excluding hydrogens is 600 g/mol. The van der Waals surface area contributed by atoms with Crippen LogP contribution in [0, 0.1) is 0 Å². The number of aromatic nitrogens is 1. The Balaban J connectivity index is 1.09. The second kappa shape index (κ2) is 14.5. The van der Waals surface area contributed by atoms with E-state index in [2.05, 4.69) is 22.4 Å². The van der Waals surface area contributed by atoms with E-state index in [9.17, 15) is 14.7 Å². The molecule has 1 aromatic heterocycles. The van der Waals surface area contributed by atoms with E-state index >= 15 is 0 Å². The van der Waals surface area contributed by atoms with Crippen molar-refractivity contribution in [2.45, 2.75) is 58.1 Å². The molecule has 1 unspecified atom stereocenters. The first-order chi connectivity index (χ1) is 22.5. The summed E-state index contributed by atoms with van der Waals surface area (Å²) in [6.45, 7) is 7.66. The van der Waals surface area contributed by atoms with Crippen molar-refractivity contribution >= 4 is 12.1 Å². The number of alkyl carbamates (subject to hydrolysis) is 1. The molecule has 0 saturated carbocycles. The van der Waals surface area contributed by atoms with E-state index in [4.69, 9.17) is 23.7 Å². The molecule has 3 aromatic carbocycles. The molecule has 5 rings (SSSR count). The lowest BCUT2D eigenvalue weighted by Gasteiger charge is -2.30. The Morgan fingerprint density at radius 3 is 2.21 bits per heavy atom. The third-order valence-corrected chi connectivity index (χ3v) is 7.51. The van der Waals surface area contributed by atoms with Gasteiger partial charge in [-0.25, -0.2) is 14.6 Å². The van der Waals surface area contributed by atoms with Crippen molar-refractivity contribution in [3.63, 3.8) is 0 Å². The maximum Gasteiger partial charge on any atom is 0.408 e. The Labute approximate surface area is 274 Å². The van der Waals surface area contributed by atoms with Crippen LogP contribution in [0.2, 0.25) is 0 Å². The number of fused-ring (bicyclic) bond motifs is 1. The molecule has 1 atom stereocenters. The van der Waals surface area contributed by atoms with E-state index < -0.39 is 23.2 Å². The maximum absolute atomic E-state index is 12.4. The minimum Gasteiger partial charge on any atom is -0.493 e. The number of carbonyl (C=O) groups excluding carboxylic acids is 1. The van der Waals surface area contributed by atoms with Crippen LogP contribution < -0.4 is 24.3 Å². The number of benzene rings is 3. The fourth-order valence-corrected chi connectivity index (χ4v) is 5.05. The zero-order valence-corrected chi connectivity index (χ0v) is 27.1. The van der Waals surface area contributed by atoms with Gasteiger partial charge in [0.2, 0.25) is 12.7 Å². The van der Waals surface area contributed by atoms with Gasteiger partial charge in [-0.2, -0.15) is 0 Å². The van der Waals surface area contributed by atoms with Crippen molar-refractivity contribution in [2.24, 2.45) is 0 Å². The molecule has 0 aliphatic carbocycles. The van der Waals surface area contributed by atoms with Crippen LogP contribution in [0.1, 0.15) is 52.5 Å². The second-order valence-corrected chi connectivity index (χ2v) is 12.3. The molecule has 47 heavy (non-hydrogen) atoms. The fourth-order valence-electron chi connectivity index (χ4n) is 5.05. The van der Waals surface area contributed by atoms with Crippen molar-refractivity contribution in [2.75, 3.05) is 20.0 Å².